The third-order valence-electron chi connectivity index (χ3n) is 2.27. The summed E-state index contributed by atoms with van der Waals surface area (Å²) in [5, 5.41) is 31.1. The molecule has 0 saturated carbocycles. The summed E-state index contributed by atoms with van der Waals surface area (Å²) in [5.41, 5.74) is -0.116. The molecule has 7 heteroatoms. The summed E-state index contributed by atoms with van der Waals surface area (Å²) in [7, 11) is 0. The number of nitrogens with one attached hydrogen (secondary N) is 1. The van der Waals surface area contributed by atoms with Gasteiger partial charge in [-0.2, -0.15) is 0 Å². The average Bonchev–Trinajstić information content (AvgIpc) is 2.29. The van der Waals surface area contributed by atoms with Gasteiger partial charge in [-0.3, -0.25) is 10.1 Å². The lowest BCUT2D eigenvalue weighted by Crippen LogP contribution is -2.28. The summed E-state index contributed by atoms with van der Waals surface area (Å²) in [6.07, 6.45) is 0. The maximum Gasteiger partial charge on any atom is 0.295 e. The zero-order chi connectivity index (χ0) is 13.0. The van der Waals surface area contributed by atoms with Crippen molar-refractivity contribution < 1.29 is 19.5 Å². The van der Waals surface area contributed by atoms with Gasteiger partial charge in [0.05, 0.1) is 30.2 Å². The van der Waals surface area contributed by atoms with E-state index in [-0.39, 0.29) is 24.5 Å². The summed E-state index contributed by atoms with van der Waals surface area (Å²) in [4.78, 5) is 9.99. The van der Waals surface area contributed by atoms with Crippen molar-refractivity contribution in [2.24, 2.45) is 0 Å². The van der Waals surface area contributed by atoms with Gasteiger partial charge in [0.15, 0.2) is 0 Å². The molecule has 0 bridgehead atoms. The van der Waals surface area contributed by atoms with Crippen LogP contribution in [0.3, 0.4) is 0 Å². The van der Waals surface area contributed by atoms with E-state index in [0.717, 1.165) is 6.07 Å². The first-order valence-corrected chi connectivity index (χ1v) is 4.92. The number of nitro groups is 1. The van der Waals surface area contributed by atoms with Gasteiger partial charge in [-0.1, -0.05) is 0 Å². The number of benzene rings is 1. The summed E-state index contributed by atoms with van der Waals surface area (Å²) >= 11 is 0. The van der Waals surface area contributed by atoms with Crippen molar-refractivity contribution in [1.29, 1.82) is 0 Å². The summed E-state index contributed by atoms with van der Waals surface area (Å²) in [5.74, 6) is -0.674. The standard InChI is InChI=1S/C10H13FN2O4/c1-6-2-9(12-7(4-14)5-15)10(13(16)17)3-8(6)11/h2-3,7,12,14-15H,4-5H2,1H3. The normalized spacial score (nSPS) is 10.6. The van der Waals surface area contributed by atoms with Crippen LogP contribution in [0, 0.1) is 22.9 Å². The molecule has 1 rings (SSSR count). The van der Waals surface area contributed by atoms with E-state index in [4.69, 9.17) is 10.2 Å². The molecule has 0 aliphatic rings. The molecular formula is C10H13FN2O4. The second kappa shape index (κ2) is 5.55. The third kappa shape index (κ3) is 3.11. The molecule has 0 unspecified atom stereocenters. The Morgan fingerprint density at radius 3 is 2.53 bits per heavy atom. The van der Waals surface area contributed by atoms with Crippen molar-refractivity contribution in [3.8, 4) is 0 Å². The zero-order valence-electron chi connectivity index (χ0n) is 9.18. The van der Waals surface area contributed by atoms with Gasteiger partial charge in [0.2, 0.25) is 0 Å². The van der Waals surface area contributed by atoms with Crippen LogP contribution in [0.25, 0.3) is 0 Å². The van der Waals surface area contributed by atoms with E-state index in [2.05, 4.69) is 5.32 Å². The van der Waals surface area contributed by atoms with Crippen LogP contribution in [0.5, 0.6) is 0 Å². The second-order valence-corrected chi connectivity index (χ2v) is 3.58. The van der Waals surface area contributed by atoms with E-state index in [9.17, 15) is 14.5 Å². The molecule has 0 heterocycles. The Morgan fingerprint density at radius 1 is 1.47 bits per heavy atom. The molecule has 0 saturated heterocycles. The molecular weight excluding hydrogens is 231 g/mol. The van der Waals surface area contributed by atoms with Gasteiger partial charge < -0.3 is 15.5 Å². The lowest BCUT2D eigenvalue weighted by atomic mass is 10.1. The molecule has 94 valence electrons. The topological polar surface area (TPSA) is 95.6 Å². The quantitative estimate of drug-likeness (QED) is 0.526. The van der Waals surface area contributed by atoms with Crippen molar-refractivity contribution in [3.63, 3.8) is 0 Å². The maximum absolute atomic E-state index is 13.2. The molecule has 0 aliphatic carbocycles. The molecule has 0 amide bonds. The Kier molecular flexibility index (Phi) is 4.36. The number of aliphatic hydroxyl groups is 2. The highest BCUT2D eigenvalue weighted by molar-refractivity contribution is 5.63. The van der Waals surface area contributed by atoms with Crippen LogP contribution < -0.4 is 5.32 Å². The van der Waals surface area contributed by atoms with Crippen molar-refractivity contribution in [3.05, 3.63) is 33.6 Å². The Morgan fingerprint density at radius 2 is 2.06 bits per heavy atom. The molecule has 1 aromatic carbocycles. The number of halogens is 1. The minimum absolute atomic E-state index is 0.0713. The number of nitro benzene ring substituents is 1. The average molecular weight is 244 g/mol. The van der Waals surface area contributed by atoms with Crippen LogP contribution in [0.4, 0.5) is 15.8 Å². The summed E-state index contributed by atoms with van der Waals surface area (Å²) < 4.78 is 13.2. The first kappa shape index (κ1) is 13.3. The number of rotatable bonds is 5. The SMILES string of the molecule is Cc1cc(NC(CO)CO)c([N+](=O)[O-])cc1F. The van der Waals surface area contributed by atoms with E-state index < -0.39 is 22.5 Å². The van der Waals surface area contributed by atoms with Crippen molar-refractivity contribution in [2.75, 3.05) is 18.5 Å². The summed E-state index contributed by atoms with van der Waals surface area (Å²) in [6, 6.07) is 1.36. The van der Waals surface area contributed by atoms with E-state index in [1.54, 1.807) is 0 Å². The number of anilines is 1. The predicted octanol–water partition coefficient (Wildman–Crippen LogP) is 0.807. The smallest absolute Gasteiger partial charge is 0.295 e. The van der Waals surface area contributed by atoms with Gasteiger partial charge in [-0.25, -0.2) is 4.39 Å². The summed E-state index contributed by atoms with van der Waals surface area (Å²) in [6.45, 7) is 0.700. The molecule has 1 aromatic rings. The number of aliphatic hydroxyl groups excluding tert-OH is 2. The number of nitrogens with zero attached hydrogens (tertiary/aromatic N) is 1. The van der Waals surface area contributed by atoms with Gasteiger partial charge in [0.1, 0.15) is 11.5 Å². The Balaban J connectivity index is 3.12. The monoisotopic (exact) mass is 244 g/mol. The first-order chi connectivity index (χ1) is 7.99. The van der Waals surface area contributed by atoms with Crippen molar-refractivity contribution in [2.45, 2.75) is 13.0 Å². The maximum atomic E-state index is 13.2. The highest BCUT2D eigenvalue weighted by Gasteiger charge is 2.19. The number of aryl methyl sites for hydroxylation is 1. The molecule has 0 fully saturated rings. The second-order valence-electron chi connectivity index (χ2n) is 3.58. The van der Waals surface area contributed by atoms with E-state index >= 15 is 0 Å². The highest BCUT2D eigenvalue weighted by Crippen LogP contribution is 2.27. The van der Waals surface area contributed by atoms with Gasteiger partial charge in [0, 0.05) is 0 Å². The fraction of sp³-hybridized carbons (Fsp3) is 0.400. The minimum Gasteiger partial charge on any atom is -0.394 e. The Bertz CT molecular complexity index is 421. The van der Waals surface area contributed by atoms with Crippen LogP contribution in [0.15, 0.2) is 12.1 Å². The zero-order valence-corrected chi connectivity index (χ0v) is 9.18. The molecule has 17 heavy (non-hydrogen) atoms. The Labute approximate surface area is 96.8 Å². The Hall–Kier alpha value is -1.73. The molecule has 0 radical (unpaired) electrons. The fourth-order valence-corrected chi connectivity index (χ4v) is 1.31. The predicted molar refractivity (Wildman–Crippen MR) is 59.4 cm³/mol. The molecule has 0 spiro atoms. The van der Waals surface area contributed by atoms with E-state index in [0.29, 0.717) is 0 Å². The molecule has 6 nitrogen and oxygen atoms in total. The van der Waals surface area contributed by atoms with Crippen LogP contribution in [-0.4, -0.2) is 34.4 Å². The van der Waals surface area contributed by atoms with E-state index in [1.807, 2.05) is 0 Å². The van der Waals surface area contributed by atoms with Crippen molar-refractivity contribution >= 4 is 11.4 Å². The molecule has 0 atom stereocenters. The molecule has 0 aromatic heterocycles. The lowest BCUT2D eigenvalue weighted by Gasteiger charge is -2.15. The molecule has 0 aliphatic heterocycles. The first-order valence-electron chi connectivity index (χ1n) is 4.92. The minimum atomic E-state index is -0.726. The van der Waals surface area contributed by atoms with Crippen molar-refractivity contribution in [1.82, 2.24) is 0 Å². The lowest BCUT2D eigenvalue weighted by molar-refractivity contribution is -0.384. The fourth-order valence-electron chi connectivity index (χ4n) is 1.31. The van der Waals surface area contributed by atoms with Gasteiger partial charge in [0.25, 0.3) is 5.69 Å². The number of hydrogen-bond acceptors (Lipinski definition) is 5. The van der Waals surface area contributed by atoms with Gasteiger partial charge in [-0.15, -0.1) is 0 Å². The van der Waals surface area contributed by atoms with Crippen LogP contribution >= 0.6 is 0 Å². The van der Waals surface area contributed by atoms with Crippen LogP contribution in [0.1, 0.15) is 5.56 Å². The van der Waals surface area contributed by atoms with E-state index in [1.165, 1.54) is 13.0 Å². The third-order valence-corrected chi connectivity index (χ3v) is 2.27. The van der Waals surface area contributed by atoms with Crippen LogP contribution in [-0.2, 0) is 0 Å². The van der Waals surface area contributed by atoms with Gasteiger partial charge in [-0.05, 0) is 18.6 Å². The number of hydrogen-bond donors (Lipinski definition) is 3. The molecule has 3 N–H and O–H groups in total. The van der Waals surface area contributed by atoms with Gasteiger partial charge >= 0.3 is 0 Å². The largest absolute Gasteiger partial charge is 0.394 e. The highest BCUT2D eigenvalue weighted by atomic mass is 19.1. The van der Waals surface area contributed by atoms with Crippen LogP contribution in [0.2, 0.25) is 0 Å².